The van der Waals surface area contributed by atoms with Gasteiger partial charge in [-0.2, -0.15) is 0 Å². The summed E-state index contributed by atoms with van der Waals surface area (Å²) in [5.74, 6) is 1.13. The van der Waals surface area contributed by atoms with E-state index in [0.717, 1.165) is 0 Å². The fraction of sp³-hybridized carbons (Fsp3) is 0.113. The van der Waals surface area contributed by atoms with Crippen molar-refractivity contribution in [2.75, 3.05) is 0 Å². The van der Waals surface area contributed by atoms with Crippen LogP contribution in [0.3, 0.4) is 0 Å². The molecule has 10 rings (SSSR count). The third kappa shape index (κ3) is 6.83. The van der Waals surface area contributed by atoms with Gasteiger partial charge in [0.15, 0.2) is 0 Å². The standard InChI is InChI=1S/C53H43N5O/c1-36-25-28-48-51(55-36)45-27-26-42(33-49(45)58(48)50-31-37(29-30-54-50)34-53(2,3)4)59-41-20-13-19-40(32-41)56-35-57(47-24-12-11-23-46(47)56)52-43(38-15-7-5-8-16-38)21-14-22-44(52)39-17-9-6-10-18-39/h5-33H,34H2,1-4H3/i1D3,5D,6D,7D,8D,9D,10D,15D,16D,17D,18D,34D2. The summed E-state index contributed by atoms with van der Waals surface area (Å²) in [6, 6.07) is 25.1. The number of hydrogen-bond donors (Lipinski definition) is 0. The molecular formula is C53H43N5O. The average molecular weight is 781 g/mol. The molecule has 4 heterocycles. The van der Waals surface area contributed by atoms with Crippen molar-refractivity contribution in [2.24, 2.45) is 5.41 Å². The first kappa shape index (κ1) is 23.2. The van der Waals surface area contributed by atoms with Crippen LogP contribution in [-0.2, 0) is 6.37 Å². The molecule has 0 saturated carbocycles. The molecule has 6 nitrogen and oxygen atoms in total. The number of imidazole rings is 1. The molecule has 0 spiro atoms. The molecule has 0 amide bonds. The SMILES string of the molecule is [2H]c1c([2H])c([2H])c(-c2cccc(-c3c([2H])c([2H])c([2H])c([2H])c3[2H])c2-[n+]2[c-]n(-c3cccc(Oc4ccc5c6nc(C([2H])([2H])[2H])ccc6n(-c6cc(C([2H])([2H])C(C)(C)C)ccn6)c5c4)c3)c3ccccc32)c([2H])c1[2H]. The van der Waals surface area contributed by atoms with E-state index in [1.807, 2.05) is 32.9 Å². The molecule has 4 aromatic heterocycles. The number of aryl methyl sites for hydroxylation is 1. The molecule has 0 aliphatic carbocycles. The van der Waals surface area contributed by atoms with Crippen molar-refractivity contribution in [2.45, 2.75) is 34.0 Å². The third-order valence-corrected chi connectivity index (χ3v) is 9.75. The maximum atomic E-state index is 9.02. The Morgan fingerprint density at radius 1 is 0.729 bits per heavy atom. The Hall–Kier alpha value is -7.31. The third-order valence-electron chi connectivity index (χ3n) is 9.75. The average Bonchev–Trinajstić information content (AvgIpc) is 3.93. The first-order chi connectivity index (χ1) is 34.9. The lowest BCUT2D eigenvalue weighted by molar-refractivity contribution is -0.571. The topological polar surface area (TPSA) is 48.8 Å². The molecular weight excluding hydrogens is 723 g/mol. The number of pyridine rings is 2. The van der Waals surface area contributed by atoms with Crippen molar-refractivity contribution in [1.82, 2.24) is 19.1 Å². The number of fused-ring (bicyclic) bond motifs is 4. The zero-order chi connectivity index (χ0) is 53.1. The van der Waals surface area contributed by atoms with Crippen LogP contribution in [0, 0.1) is 18.6 Å². The number of aromatic nitrogens is 5. The van der Waals surface area contributed by atoms with Crippen LogP contribution in [0.25, 0.3) is 72.4 Å². The summed E-state index contributed by atoms with van der Waals surface area (Å²) in [6.45, 7) is 2.97. The molecule has 10 aromatic rings. The fourth-order valence-electron chi connectivity index (χ4n) is 7.42. The summed E-state index contributed by atoms with van der Waals surface area (Å²) in [5, 5.41) is 0.600. The smallest absolute Gasteiger partial charge is 0.269 e. The zero-order valence-electron chi connectivity index (χ0n) is 47.1. The minimum atomic E-state index is -2.49. The number of benzene rings is 6. The summed E-state index contributed by atoms with van der Waals surface area (Å²) in [4.78, 5) is 9.27. The highest BCUT2D eigenvalue weighted by atomic mass is 16.5. The minimum absolute atomic E-state index is 0.0921. The summed E-state index contributed by atoms with van der Waals surface area (Å²) >= 11 is 0. The quantitative estimate of drug-likeness (QED) is 0.114. The Morgan fingerprint density at radius 2 is 1.46 bits per heavy atom. The van der Waals surface area contributed by atoms with E-state index >= 15 is 0 Å². The second-order valence-electron chi connectivity index (χ2n) is 14.9. The maximum Gasteiger partial charge on any atom is 0.269 e. The van der Waals surface area contributed by atoms with Crippen molar-refractivity contribution in [3.63, 3.8) is 0 Å². The molecule has 0 radical (unpaired) electrons. The zero-order valence-corrected chi connectivity index (χ0v) is 32.1. The molecule has 0 saturated heterocycles. The Morgan fingerprint density at radius 3 is 2.20 bits per heavy atom. The molecule has 59 heavy (non-hydrogen) atoms. The van der Waals surface area contributed by atoms with E-state index in [2.05, 4.69) is 16.3 Å². The van der Waals surface area contributed by atoms with Gasteiger partial charge in [0.25, 0.3) is 6.33 Å². The molecule has 0 atom stereocenters. The molecule has 0 aliphatic heterocycles. The van der Waals surface area contributed by atoms with Crippen molar-refractivity contribution >= 4 is 33.0 Å². The Kier molecular flexibility index (Phi) is 5.72. The summed E-state index contributed by atoms with van der Waals surface area (Å²) in [5.41, 5.74) is 2.66. The normalized spacial score (nSPS) is 15.9. The Labute approximate surface area is 365 Å². The number of nitrogens with zero attached hydrogens (tertiary/aromatic N) is 5. The summed E-state index contributed by atoms with van der Waals surface area (Å²) < 4.78 is 141. The van der Waals surface area contributed by atoms with Crippen LogP contribution in [-0.4, -0.2) is 19.1 Å². The fourth-order valence-corrected chi connectivity index (χ4v) is 7.42. The van der Waals surface area contributed by atoms with Gasteiger partial charge in [0, 0.05) is 30.2 Å². The van der Waals surface area contributed by atoms with Crippen LogP contribution in [0.15, 0.2) is 176 Å². The van der Waals surface area contributed by atoms with Gasteiger partial charge in [-0.1, -0.05) is 130 Å². The van der Waals surface area contributed by atoms with Crippen LogP contribution in [0.4, 0.5) is 0 Å². The van der Waals surface area contributed by atoms with Crippen molar-refractivity contribution in [3.8, 4) is 50.9 Å². The molecule has 6 aromatic carbocycles. The van der Waals surface area contributed by atoms with Crippen molar-refractivity contribution < 1.29 is 29.9 Å². The lowest BCUT2D eigenvalue weighted by atomic mass is 9.88. The Bertz CT molecular complexity index is 3820. The van der Waals surface area contributed by atoms with Gasteiger partial charge in [-0.15, -0.1) is 0 Å². The molecule has 0 fully saturated rings. The highest BCUT2D eigenvalue weighted by molar-refractivity contribution is 6.07. The lowest BCUT2D eigenvalue weighted by Crippen LogP contribution is -2.31. The van der Waals surface area contributed by atoms with Gasteiger partial charge in [0.1, 0.15) is 17.3 Å². The first-order valence-corrected chi connectivity index (χ1v) is 18.8. The molecule has 286 valence electrons. The number of ether oxygens (including phenoxy) is 1. The van der Waals surface area contributed by atoms with E-state index in [4.69, 9.17) is 25.3 Å². The highest BCUT2D eigenvalue weighted by Crippen LogP contribution is 2.37. The second-order valence-corrected chi connectivity index (χ2v) is 14.9. The van der Waals surface area contributed by atoms with E-state index in [9.17, 15) is 0 Å². The molecule has 6 heteroatoms. The van der Waals surface area contributed by atoms with Gasteiger partial charge in [-0.25, -0.2) is 4.98 Å². The van der Waals surface area contributed by atoms with Gasteiger partial charge >= 0.3 is 0 Å². The number of hydrogen-bond acceptors (Lipinski definition) is 3. The van der Waals surface area contributed by atoms with E-state index < -0.39 is 79.1 Å². The molecule has 0 bridgehead atoms. The van der Waals surface area contributed by atoms with Crippen molar-refractivity contribution in [3.05, 3.63) is 193 Å². The predicted molar refractivity (Wildman–Crippen MR) is 239 cm³/mol. The maximum absolute atomic E-state index is 9.02. The number of para-hydroxylation sites is 3. The van der Waals surface area contributed by atoms with Crippen LogP contribution in [0.1, 0.15) is 52.6 Å². The monoisotopic (exact) mass is 780 g/mol. The first-order valence-electron chi connectivity index (χ1n) is 26.3. The molecule has 0 N–H and O–H groups in total. The van der Waals surface area contributed by atoms with Gasteiger partial charge in [0.05, 0.1) is 52.7 Å². The van der Waals surface area contributed by atoms with Gasteiger partial charge in [-0.05, 0) is 101 Å². The van der Waals surface area contributed by atoms with E-state index in [1.165, 1.54) is 12.1 Å². The van der Waals surface area contributed by atoms with Crippen LogP contribution in [0.5, 0.6) is 11.5 Å². The molecule has 0 unspecified atom stereocenters. The number of rotatable bonds is 8. The predicted octanol–water partition coefficient (Wildman–Crippen LogP) is 12.6. The van der Waals surface area contributed by atoms with E-state index in [0.29, 0.717) is 61.5 Å². The minimum Gasteiger partial charge on any atom is -0.458 e. The van der Waals surface area contributed by atoms with E-state index in [1.54, 1.807) is 105 Å². The lowest BCUT2D eigenvalue weighted by Gasteiger charge is -2.18. The summed E-state index contributed by atoms with van der Waals surface area (Å²) in [6.07, 6.45) is 3.17. The van der Waals surface area contributed by atoms with E-state index in [-0.39, 0.29) is 33.6 Å². The largest absolute Gasteiger partial charge is 0.458 e. The van der Waals surface area contributed by atoms with Crippen LogP contribution in [0.2, 0.25) is 0 Å². The summed E-state index contributed by atoms with van der Waals surface area (Å²) in [7, 11) is 0. The Balaban J connectivity index is 1.14. The van der Waals surface area contributed by atoms with Crippen LogP contribution < -0.4 is 9.30 Å². The van der Waals surface area contributed by atoms with Crippen LogP contribution >= 0.6 is 0 Å². The van der Waals surface area contributed by atoms with Gasteiger partial charge in [-0.3, -0.25) is 18.7 Å². The van der Waals surface area contributed by atoms with Crippen molar-refractivity contribution in [1.29, 1.82) is 0 Å². The highest BCUT2D eigenvalue weighted by Gasteiger charge is 2.21. The molecule has 0 aliphatic rings. The van der Waals surface area contributed by atoms with Gasteiger partial charge in [0.2, 0.25) is 0 Å². The second kappa shape index (κ2) is 14.6. The van der Waals surface area contributed by atoms with Gasteiger partial charge < -0.3 is 4.74 Å².